The molecule has 0 atom stereocenters. The lowest BCUT2D eigenvalue weighted by atomic mass is 10.1. The molecule has 0 aliphatic heterocycles. The zero-order chi connectivity index (χ0) is 29.1. The maximum absolute atomic E-state index is 13.2. The van der Waals surface area contributed by atoms with E-state index in [1.165, 1.54) is 0 Å². The van der Waals surface area contributed by atoms with Crippen molar-refractivity contribution in [1.29, 1.82) is 0 Å². The maximum Gasteiger partial charge on any atom is 0.416 e. The van der Waals surface area contributed by atoms with Crippen molar-refractivity contribution in [3.63, 3.8) is 0 Å². The van der Waals surface area contributed by atoms with Crippen molar-refractivity contribution in [1.82, 2.24) is 24.6 Å². The zero-order valence-electron chi connectivity index (χ0n) is 20.3. The molecule has 0 bridgehead atoms. The molecule has 4 aromatic rings. The Morgan fingerprint density at radius 3 is 1.98 bits per heavy atom. The van der Waals surface area contributed by atoms with Crippen molar-refractivity contribution in [2.75, 3.05) is 6.54 Å². The number of alkyl halides is 6. The fourth-order valence-corrected chi connectivity index (χ4v) is 3.67. The molecule has 1 amide bonds. The molecule has 0 unspecified atom stereocenters. The number of carbonyl (C=O) groups is 1. The lowest BCUT2D eigenvalue weighted by Crippen LogP contribution is -2.46. The lowest BCUT2D eigenvalue weighted by Gasteiger charge is -2.14. The lowest BCUT2D eigenvalue weighted by molar-refractivity contribution is -0.138. The Bertz CT molecular complexity index is 1610. The quantitative estimate of drug-likeness (QED) is 0.345. The molecule has 2 aromatic heterocycles. The van der Waals surface area contributed by atoms with Gasteiger partial charge in [0, 0.05) is 24.9 Å². The Kier molecular flexibility index (Phi) is 7.89. The van der Waals surface area contributed by atoms with Crippen LogP contribution in [0.4, 0.5) is 26.3 Å². The van der Waals surface area contributed by atoms with Crippen molar-refractivity contribution in [2.45, 2.75) is 25.3 Å². The standard InChI is InChI=1S/C26H19F6N5O3/c27-25(28,29)17-6-4-16(5-7-17)15-36-23(39)21(22(38)34-14-12-19-3-1-2-13-33-19)35-37(24(36)40)20-10-8-18(9-11-20)26(30,31)32/h1-11,13H,12,14-15H2,(H,34,38). The molecule has 0 spiro atoms. The van der Waals surface area contributed by atoms with E-state index in [0.29, 0.717) is 33.5 Å². The molecular weight excluding hydrogens is 544 g/mol. The van der Waals surface area contributed by atoms with Crippen LogP contribution < -0.4 is 16.6 Å². The Balaban J connectivity index is 1.72. The Morgan fingerprint density at radius 2 is 1.43 bits per heavy atom. The van der Waals surface area contributed by atoms with Crippen molar-refractivity contribution < 1.29 is 31.1 Å². The smallest absolute Gasteiger partial charge is 0.350 e. The van der Waals surface area contributed by atoms with Gasteiger partial charge in [0.1, 0.15) is 0 Å². The van der Waals surface area contributed by atoms with E-state index >= 15 is 0 Å². The Hall–Kier alpha value is -4.75. The topological polar surface area (TPSA) is 98.9 Å². The van der Waals surface area contributed by atoms with Crippen LogP contribution in [0.5, 0.6) is 0 Å². The summed E-state index contributed by atoms with van der Waals surface area (Å²) in [5.74, 6) is -0.970. The number of amides is 1. The number of pyridine rings is 1. The highest BCUT2D eigenvalue weighted by Gasteiger charge is 2.31. The number of rotatable bonds is 7. The highest BCUT2D eigenvalue weighted by Crippen LogP contribution is 2.30. The van der Waals surface area contributed by atoms with E-state index in [4.69, 9.17) is 0 Å². The molecule has 14 heteroatoms. The van der Waals surface area contributed by atoms with Gasteiger partial charge >= 0.3 is 18.0 Å². The van der Waals surface area contributed by atoms with Gasteiger partial charge in [-0.25, -0.2) is 4.79 Å². The number of nitrogens with zero attached hydrogens (tertiary/aromatic N) is 4. The second-order valence-electron chi connectivity index (χ2n) is 8.50. The Morgan fingerprint density at radius 1 is 0.825 bits per heavy atom. The number of hydrogen-bond donors (Lipinski definition) is 1. The largest absolute Gasteiger partial charge is 0.416 e. The summed E-state index contributed by atoms with van der Waals surface area (Å²) in [7, 11) is 0. The number of benzene rings is 2. The van der Waals surface area contributed by atoms with Gasteiger partial charge in [-0.1, -0.05) is 18.2 Å². The third-order valence-corrected chi connectivity index (χ3v) is 5.73. The molecule has 4 rings (SSSR count). The van der Waals surface area contributed by atoms with Crippen LogP contribution in [-0.4, -0.2) is 31.8 Å². The molecule has 208 valence electrons. The number of carbonyl (C=O) groups excluding carboxylic acids is 1. The van der Waals surface area contributed by atoms with Gasteiger partial charge in [0.05, 0.1) is 23.4 Å². The summed E-state index contributed by atoms with van der Waals surface area (Å²) in [4.78, 5) is 43.4. The summed E-state index contributed by atoms with van der Waals surface area (Å²) in [5, 5.41) is 6.31. The van der Waals surface area contributed by atoms with E-state index in [9.17, 15) is 40.7 Å². The predicted octanol–water partition coefficient (Wildman–Crippen LogP) is 3.85. The summed E-state index contributed by atoms with van der Waals surface area (Å²) < 4.78 is 79.0. The van der Waals surface area contributed by atoms with Crippen LogP contribution in [-0.2, 0) is 25.3 Å². The first-order chi connectivity index (χ1) is 18.8. The maximum atomic E-state index is 13.2. The van der Waals surface area contributed by atoms with E-state index in [1.54, 1.807) is 24.4 Å². The molecule has 0 aliphatic carbocycles. The molecular formula is C26H19F6N5O3. The first-order valence-corrected chi connectivity index (χ1v) is 11.6. The summed E-state index contributed by atoms with van der Waals surface area (Å²) >= 11 is 0. The number of nitrogens with one attached hydrogen (secondary N) is 1. The summed E-state index contributed by atoms with van der Waals surface area (Å²) in [5.41, 5.74) is -4.36. The molecule has 8 nitrogen and oxygen atoms in total. The van der Waals surface area contributed by atoms with Gasteiger partial charge in [-0.15, -0.1) is 0 Å². The minimum absolute atomic E-state index is 0.0370. The fraction of sp³-hybridized carbons (Fsp3) is 0.192. The van der Waals surface area contributed by atoms with Gasteiger partial charge in [0.15, 0.2) is 0 Å². The first-order valence-electron chi connectivity index (χ1n) is 11.6. The molecule has 2 aromatic carbocycles. The van der Waals surface area contributed by atoms with Crippen LogP contribution in [0.25, 0.3) is 5.69 Å². The highest BCUT2D eigenvalue weighted by atomic mass is 19.4. The van der Waals surface area contributed by atoms with Crippen molar-refractivity contribution in [3.8, 4) is 5.69 Å². The van der Waals surface area contributed by atoms with Crippen molar-refractivity contribution in [3.05, 3.63) is 122 Å². The average molecular weight is 563 g/mol. The van der Waals surface area contributed by atoms with E-state index < -0.39 is 52.9 Å². The molecule has 40 heavy (non-hydrogen) atoms. The third-order valence-electron chi connectivity index (χ3n) is 5.73. The zero-order valence-corrected chi connectivity index (χ0v) is 20.3. The van der Waals surface area contributed by atoms with Crippen LogP contribution in [0.1, 0.15) is 32.9 Å². The van der Waals surface area contributed by atoms with Crippen LogP contribution >= 0.6 is 0 Å². The van der Waals surface area contributed by atoms with Crippen molar-refractivity contribution in [2.24, 2.45) is 0 Å². The molecule has 2 heterocycles. The monoisotopic (exact) mass is 563 g/mol. The van der Waals surface area contributed by atoms with E-state index in [1.807, 2.05) is 0 Å². The Labute approximate surface area is 221 Å². The molecule has 0 saturated heterocycles. The van der Waals surface area contributed by atoms with Gasteiger partial charge in [-0.05, 0) is 54.1 Å². The minimum Gasteiger partial charge on any atom is -0.350 e. The number of hydrogen-bond acceptors (Lipinski definition) is 5. The molecule has 0 aliphatic rings. The molecule has 1 N–H and O–H groups in total. The van der Waals surface area contributed by atoms with E-state index in [2.05, 4.69) is 15.4 Å². The average Bonchev–Trinajstić information content (AvgIpc) is 2.91. The van der Waals surface area contributed by atoms with Gasteiger partial charge in [-0.2, -0.15) is 36.1 Å². The normalized spacial score (nSPS) is 11.8. The molecule has 0 saturated carbocycles. The fourth-order valence-electron chi connectivity index (χ4n) is 3.67. The minimum atomic E-state index is -4.66. The van der Waals surface area contributed by atoms with Gasteiger partial charge in [0.25, 0.3) is 11.5 Å². The molecule has 0 radical (unpaired) electrons. The van der Waals surface area contributed by atoms with Crippen LogP contribution in [0.2, 0.25) is 0 Å². The molecule has 0 fully saturated rings. The summed E-state index contributed by atoms with van der Waals surface area (Å²) in [6.45, 7) is -0.498. The second kappa shape index (κ2) is 11.2. The van der Waals surface area contributed by atoms with Crippen molar-refractivity contribution >= 4 is 5.91 Å². The van der Waals surface area contributed by atoms with Gasteiger partial charge in [-0.3, -0.25) is 19.1 Å². The SMILES string of the molecule is O=C(NCCc1ccccn1)c1nn(-c2ccc(C(F)(F)F)cc2)c(=O)n(Cc2ccc(C(F)(F)F)cc2)c1=O. The third kappa shape index (κ3) is 6.45. The van der Waals surface area contributed by atoms with Gasteiger partial charge in [0.2, 0.25) is 5.69 Å². The predicted molar refractivity (Wildman–Crippen MR) is 130 cm³/mol. The van der Waals surface area contributed by atoms with Crippen LogP contribution in [0.3, 0.4) is 0 Å². The second-order valence-corrected chi connectivity index (χ2v) is 8.50. The number of halogens is 6. The van der Waals surface area contributed by atoms with Crippen LogP contribution in [0, 0.1) is 0 Å². The van der Waals surface area contributed by atoms with E-state index in [-0.39, 0.29) is 17.8 Å². The van der Waals surface area contributed by atoms with Crippen LogP contribution in [0.15, 0.2) is 82.5 Å². The highest BCUT2D eigenvalue weighted by molar-refractivity contribution is 5.91. The van der Waals surface area contributed by atoms with E-state index in [0.717, 1.165) is 36.4 Å². The number of aromatic nitrogens is 4. The summed E-state index contributed by atoms with van der Waals surface area (Å²) in [6.07, 6.45) is -7.41. The summed E-state index contributed by atoms with van der Waals surface area (Å²) in [6, 6.07) is 12.1. The van der Waals surface area contributed by atoms with Gasteiger partial charge < -0.3 is 5.32 Å². The first kappa shape index (κ1) is 28.3.